The van der Waals surface area contributed by atoms with Gasteiger partial charge in [-0.2, -0.15) is 4.99 Å². The molecular formula is C14H18N2O2S. The fraction of sp³-hybridized carbons (Fsp3) is 0.429. The summed E-state index contributed by atoms with van der Waals surface area (Å²) in [6, 6.07) is 7.85. The fourth-order valence-electron chi connectivity index (χ4n) is 2.03. The van der Waals surface area contributed by atoms with Crippen LogP contribution in [0.5, 0.6) is 0 Å². The van der Waals surface area contributed by atoms with E-state index in [2.05, 4.69) is 4.99 Å². The molecule has 1 aliphatic heterocycles. The van der Waals surface area contributed by atoms with Crippen molar-refractivity contribution in [2.45, 2.75) is 20.0 Å². The molecular weight excluding hydrogens is 260 g/mol. The van der Waals surface area contributed by atoms with Crippen molar-refractivity contribution >= 4 is 22.8 Å². The Morgan fingerprint density at radius 2 is 2.37 bits per heavy atom. The number of benzene rings is 1. The number of aryl methyl sites for hydroxylation is 1. The molecule has 5 heteroatoms. The maximum atomic E-state index is 11.1. The molecule has 1 aliphatic rings. The quantitative estimate of drug-likeness (QED) is 0.918. The fourth-order valence-corrected chi connectivity index (χ4v) is 3.07. The number of carbonyl (C=O) groups excluding carboxylic acids is 1. The summed E-state index contributed by atoms with van der Waals surface area (Å²) in [7, 11) is 0. The molecule has 1 amide bonds. The Hall–Kier alpha value is -1.33. The molecule has 4 nitrogen and oxygen atoms in total. The second-order valence-electron chi connectivity index (χ2n) is 4.64. The molecule has 1 aromatic carbocycles. The summed E-state index contributed by atoms with van der Waals surface area (Å²) in [4.78, 5) is 17.0. The molecule has 0 saturated carbocycles. The Morgan fingerprint density at radius 1 is 1.58 bits per heavy atom. The topological polar surface area (TPSA) is 52.9 Å². The van der Waals surface area contributed by atoms with Crippen molar-refractivity contribution in [1.82, 2.24) is 4.90 Å². The van der Waals surface area contributed by atoms with Gasteiger partial charge >= 0.3 is 0 Å². The van der Waals surface area contributed by atoms with Crippen molar-refractivity contribution in [2.24, 2.45) is 4.99 Å². The number of aliphatic hydroxyl groups is 1. The van der Waals surface area contributed by atoms with E-state index in [1.54, 1.807) is 11.8 Å². The van der Waals surface area contributed by atoms with Gasteiger partial charge in [-0.15, -0.1) is 0 Å². The third-order valence-electron chi connectivity index (χ3n) is 2.94. The minimum absolute atomic E-state index is 0.195. The van der Waals surface area contributed by atoms with Gasteiger partial charge in [-0.05, 0) is 12.5 Å². The predicted octanol–water partition coefficient (Wildman–Crippen LogP) is 1.98. The maximum Gasteiger partial charge on any atom is 0.244 e. The molecule has 1 saturated heterocycles. The van der Waals surface area contributed by atoms with Crippen LogP contribution in [0.15, 0.2) is 29.3 Å². The molecule has 0 spiro atoms. The van der Waals surface area contributed by atoms with Crippen LogP contribution in [-0.4, -0.2) is 39.9 Å². The number of amides is 1. The lowest BCUT2D eigenvalue weighted by molar-refractivity contribution is -0.115. The van der Waals surface area contributed by atoms with E-state index in [0.29, 0.717) is 6.54 Å². The monoisotopic (exact) mass is 278 g/mol. The standard InChI is InChI=1S/C14H18N2O2S/c1-10-4-3-5-12(8-10)13(18)9-16-6-7-19-14(16)15-11(2)17/h3-5,8,13,18H,6-7,9H2,1-2H3. The zero-order valence-electron chi connectivity index (χ0n) is 11.2. The highest BCUT2D eigenvalue weighted by molar-refractivity contribution is 8.14. The molecule has 0 aromatic heterocycles. The van der Waals surface area contributed by atoms with Gasteiger partial charge in [0.1, 0.15) is 0 Å². The van der Waals surface area contributed by atoms with E-state index in [1.165, 1.54) is 6.92 Å². The second-order valence-corrected chi connectivity index (χ2v) is 5.70. The number of thioether (sulfide) groups is 1. The largest absolute Gasteiger partial charge is 0.387 e. The third-order valence-corrected chi connectivity index (χ3v) is 3.93. The molecule has 0 aliphatic carbocycles. The lowest BCUT2D eigenvalue weighted by atomic mass is 10.1. The van der Waals surface area contributed by atoms with E-state index in [4.69, 9.17) is 0 Å². The smallest absolute Gasteiger partial charge is 0.244 e. The summed E-state index contributed by atoms with van der Waals surface area (Å²) in [5.41, 5.74) is 2.03. The number of hydrogen-bond donors (Lipinski definition) is 1. The highest BCUT2D eigenvalue weighted by atomic mass is 32.2. The molecule has 1 atom stereocenters. The van der Waals surface area contributed by atoms with Crippen molar-refractivity contribution in [3.8, 4) is 0 Å². The Kier molecular flexibility index (Phi) is 4.61. The van der Waals surface area contributed by atoms with E-state index in [0.717, 1.165) is 28.6 Å². The number of rotatable bonds is 3. The first-order valence-corrected chi connectivity index (χ1v) is 7.26. The second kappa shape index (κ2) is 6.21. The Labute approximate surface area is 117 Å². The number of carbonyl (C=O) groups is 1. The first kappa shape index (κ1) is 14.1. The van der Waals surface area contributed by atoms with E-state index in [9.17, 15) is 9.90 Å². The summed E-state index contributed by atoms with van der Waals surface area (Å²) < 4.78 is 0. The minimum Gasteiger partial charge on any atom is -0.387 e. The number of β-amino-alcohol motifs (C(OH)–C–C–N with tert-alkyl or cyclic N) is 1. The van der Waals surface area contributed by atoms with Gasteiger partial charge in [0.05, 0.1) is 12.6 Å². The van der Waals surface area contributed by atoms with E-state index in [1.807, 2.05) is 36.1 Å². The zero-order valence-corrected chi connectivity index (χ0v) is 12.0. The molecule has 1 unspecified atom stereocenters. The number of aliphatic imine (C=N–C) groups is 1. The number of hydrogen-bond acceptors (Lipinski definition) is 3. The molecule has 1 fully saturated rings. The van der Waals surface area contributed by atoms with Crippen LogP contribution in [0.3, 0.4) is 0 Å². The molecule has 0 radical (unpaired) electrons. The minimum atomic E-state index is -0.559. The average molecular weight is 278 g/mol. The number of nitrogens with zero attached hydrogens (tertiary/aromatic N) is 2. The van der Waals surface area contributed by atoms with Crippen molar-refractivity contribution < 1.29 is 9.90 Å². The lowest BCUT2D eigenvalue weighted by Gasteiger charge is -2.21. The van der Waals surface area contributed by atoms with Gasteiger partial charge in [0.25, 0.3) is 0 Å². The maximum absolute atomic E-state index is 11.1. The van der Waals surface area contributed by atoms with Crippen LogP contribution < -0.4 is 0 Å². The molecule has 1 aromatic rings. The summed E-state index contributed by atoms with van der Waals surface area (Å²) in [5, 5.41) is 11.0. The molecule has 2 rings (SSSR count). The number of aliphatic hydroxyl groups excluding tert-OH is 1. The van der Waals surface area contributed by atoms with Crippen LogP contribution in [0.2, 0.25) is 0 Å². The third kappa shape index (κ3) is 3.81. The van der Waals surface area contributed by atoms with Crippen molar-refractivity contribution in [3.63, 3.8) is 0 Å². The van der Waals surface area contributed by atoms with Crippen molar-refractivity contribution in [1.29, 1.82) is 0 Å². The van der Waals surface area contributed by atoms with E-state index >= 15 is 0 Å². The van der Waals surface area contributed by atoms with Gasteiger partial charge in [0.2, 0.25) is 5.91 Å². The molecule has 0 bridgehead atoms. The van der Waals surface area contributed by atoms with Gasteiger partial charge < -0.3 is 10.0 Å². The van der Waals surface area contributed by atoms with Crippen LogP contribution in [0, 0.1) is 6.92 Å². The number of amidine groups is 1. The molecule has 1 heterocycles. The lowest BCUT2D eigenvalue weighted by Crippen LogP contribution is -2.30. The van der Waals surface area contributed by atoms with Gasteiger partial charge in [-0.3, -0.25) is 4.79 Å². The summed E-state index contributed by atoms with van der Waals surface area (Å²) in [6.45, 7) is 4.74. The SMILES string of the molecule is CC(=O)N=C1SCCN1CC(O)c1cccc(C)c1. The van der Waals surface area contributed by atoms with Crippen molar-refractivity contribution in [3.05, 3.63) is 35.4 Å². The zero-order chi connectivity index (χ0) is 13.8. The van der Waals surface area contributed by atoms with Gasteiger partial charge in [0.15, 0.2) is 5.17 Å². The summed E-state index contributed by atoms with van der Waals surface area (Å²) in [6.07, 6.45) is -0.559. The Morgan fingerprint density at radius 3 is 3.05 bits per heavy atom. The summed E-state index contributed by atoms with van der Waals surface area (Å²) >= 11 is 1.56. The van der Waals surface area contributed by atoms with E-state index < -0.39 is 6.10 Å². The molecule has 1 N–H and O–H groups in total. The predicted molar refractivity (Wildman–Crippen MR) is 78.3 cm³/mol. The Bertz CT molecular complexity index is 502. The Balaban J connectivity index is 2.06. The van der Waals surface area contributed by atoms with Crippen LogP contribution in [0.4, 0.5) is 0 Å². The molecule has 102 valence electrons. The highest BCUT2D eigenvalue weighted by Gasteiger charge is 2.23. The average Bonchev–Trinajstić information content (AvgIpc) is 2.75. The highest BCUT2D eigenvalue weighted by Crippen LogP contribution is 2.22. The first-order chi connectivity index (χ1) is 9.06. The van der Waals surface area contributed by atoms with Crippen LogP contribution in [-0.2, 0) is 4.79 Å². The molecule has 19 heavy (non-hydrogen) atoms. The first-order valence-electron chi connectivity index (χ1n) is 6.28. The van der Waals surface area contributed by atoms with Gasteiger partial charge in [-0.25, -0.2) is 0 Å². The van der Waals surface area contributed by atoms with Gasteiger partial charge in [-0.1, -0.05) is 41.6 Å². The normalized spacial score (nSPS) is 18.9. The summed E-state index contributed by atoms with van der Waals surface area (Å²) in [5.74, 6) is 0.714. The van der Waals surface area contributed by atoms with Crippen LogP contribution in [0.1, 0.15) is 24.2 Å². The van der Waals surface area contributed by atoms with Crippen molar-refractivity contribution in [2.75, 3.05) is 18.8 Å². The van der Waals surface area contributed by atoms with Gasteiger partial charge in [0, 0.05) is 19.2 Å². The van der Waals surface area contributed by atoms with Crippen LogP contribution in [0.25, 0.3) is 0 Å². The van der Waals surface area contributed by atoms with E-state index in [-0.39, 0.29) is 5.91 Å². The van der Waals surface area contributed by atoms with Crippen LogP contribution >= 0.6 is 11.8 Å².